The van der Waals surface area contributed by atoms with Crippen LogP contribution in [-0.2, 0) is 0 Å². The van der Waals surface area contributed by atoms with E-state index in [1.54, 1.807) is 0 Å². The largest absolute Gasteiger partial charge is 0.458 e. The molecule has 17 aromatic rings. The zero-order valence-electron chi connectivity index (χ0n) is 48.6. The molecule has 0 amide bonds. The first kappa shape index (κ1) is 50.3. The van der Waals surface area contributed by atoms with Crippen LogP contribution in [0.25, 0.3) is 138 Å². The van der Waals surface area contributed by atoms with Gasteiger partial charge in [-0.3, -0.25) is 0 Å². The van der Waals surface area contributed by atoms with E-state index in [1.165, 1.54) is 27.4 Å². The lowest BCUT2D eigenvalue weighted by molar-refractivity contribution is 0.487. The molecule has 0 radical (unpaired) electrons. The number of hydrogen-bond donors (Lipinski definition) is 0. The Kier molecular flexibility index (Phi) is 11.1. The van der Waals surface area contributed by atoms with Crippen LogP contribution in [0.2, 0.25) is 0 Å². The highest BCUT2D eigenvalue weighted by Gasteiger charge is 2.44. The minimum Gasteiger partial charge on any atom is -0.458 e. The Hall–Kier alpha value is -11.9. The summed E-state index contributed by atoms with van der Waals surface area (Å²) in [7, 11) is 0. The highest BCUT2D eigenvalue weighted by atomic mass is 16.5. The first-order valence-corrected chi connectivity index (χ1v) is 30.8. The number of hydrogen-bond acceptors (Lipinski definition) is 4. The van der Waals surface area contributed by atoms with Crippen LogP contribution in [0.3, 0.4) is 0 Å². The third kappa shape index (κ3) is 7.84. The summed E-state index contributed by atoms with van der Waals surface area (Å²) in [5, 5.41) is 6.71. The van der Waals surface area contributed by atoms with Crippen molar-refractivity contribution < 1.29 is 13.6 Å². The lowest BCUT2D eigenvalue weighted by Gasteiger charge is -2.42. The van der Waals surface area contributed by atoms with Gasteiger partial charge in [-0.25, -0.2) is 0 Å². The van der Waals surface area contributed by atoms with Gasteiger partial charge in [0.15, 0.2) is 0 Å². The monoisotopic (exact) mass is 1150 g/mol. The molecule has 0 spiro atoms. The SMILES string of the molecule is c1ccc(-c2ccc3oc4ccc(-c5ccc6c(c5)Oc5cc(-n7c8ccccc8c8ccccc87)cc7c5B6c5ccc(-c6ccc8oc9ccc(-c%10ccccc%10)cc9c8c6)cc5N7c5c(-c6ccccc6)cccc5-c5ccccc5)cc4c3c2)cc1. The molecule has 2 aliphatic rings. The van der Waals surface area contributed by atoms with E-state index in [1.807, 2.05) is 0 Å². The molecule has 0 aliphatic carbocycles. The van der Waals surface area contributed by atoms with Crippen molar-refractivity contribution in [3.8, 4) is 83.9 Å². The van der Waals surface area contributed by atoms with E-state index in [0.717, 1.165) is 156 Å². The quantitative estimate of drug-likeness (QED) is 0.142. The zero-order valence-corrected chi connectivity index (χ0v) is 48.6. The summed E-state index contributed by atoms with van der Waals surface area (Å²) in [5.41, 5.74) is 26.7. The van der Waals surface area contributed by atoms with Gasteiger partial charge in [0.2, 0.25) is 0 Å². The van der Waals surface area contributed by atoms with Gasteiger partial charge in [0.1, 0.15) is 33.8 Å². The second kappa shape index (κ2) is 19.8. The molecule has 0 N–H and O–H groups in total. The zero-order chi connectivity index (χ0) is 59.0. The van der Waals surface area contributed by atoms with Gasteiger partial charge in [0, 0.05) is 60.9 Å². The highest BCUT2D eigenvalue weighted by Crippen LogP contribution is 2.51. The minimum atomic E-state index is -0.210. The van der Waals surface area contributed by atoms with Crippen molar-refractivity contribution in [3.05, 3.63) is 309 Å². The van der Waals surface area contributed by atoms with Gasteiger partial charge in [-0.2, -0.15) is 0 Å². The standard InChI is InChI=1S/C84H51BN2O3/c1-5-18-52(19-6-1)56-34-40-77-67(44-56)69-46-58(36-42-79(69)88-77)60-32-38-71-75(48-60)87(84-63(54-22-9-3-10-23-54)28-17-29-64(84)55-24-11-4-12-25-55)76-50-62(86-73-30-15-13-26-65(73)66-27-14-16-31-74(66)86)51-82-83(76)85(71)72-39-33-61(49-81(72)90-82)59-37-43-80-70(47-59)68-45-57(35-41-78(68)89-80)53-20-7-2-8-21-53/h1-51H. The summed E-state index contributed by atoms with van der Waals surface area (Å²) in [6, 6.07) is 112. The van der Waals surface area contributed by atoms with E-state index >= 15 is 0 Å². The molecule has 6 heteroatoms. The fourth-order valence-corrected chi connectivity index (χ4v) is 14.7. The van der Waals surface area contributed by atoms with Crippen LogP contribution in [0.1, 0.15) is 0 Å². The third-order valence-corrected chi connectivity index (χ3v) is 18.8. The lowest BCUT2D eigenvalue weighted by Crippen LogP contribution is -2.59. The number of anilines is 3. The molecular weight excluding hydrogens is 1100 g/mol. The van der Waals surface area contributed by atoms with Crippen LogP contribution in [0, 0.1) is 0 Å². The van der Waals surface area contributed by atoms with E-state index in [9.17, 15) is 0 Å². The van der Waals surface area contributed by atoms with Gasteiger partial charge in [0.25, 0.3) is 6.71 Å². The Balaban J connectivity index is 0.868. The first-order valence-electron chi connectivity index (χ1n) is 30.8. The summed E-state index contributed by atoms with van der Waals surface area (Å²) in [6.45, 7) is -0.210. The fraction of sp³-hybridized carbons (Fsp3) is 0. The number of fused-ring (bicyclic) bond motifs is 13. The Labute approximate surface area is 519 Å². The van der Waals surface area contributed by atoms with E-state index in [0.29, 0.717) is 0 Å². The van der Waals surface area contributed by atoms with Gasteiger partial charge in [-0.1, -0.05) is 224 Å². The maximum atomic E-state index is 7.62. The number of furan rings is 2. The van der Waals surface area contributed by atoms with Crippen molar-refractivity contribution in [2.45, 2.75) is 0 Å². The Morgan fingerprint density at radius 1 is 0.267 bits per heavy atom. The molecule has 2 aliphatic heterocycles. The van der Waals surface area contributed by atoms with Crippen molar-refractivity contribution in [2.24, 2.45) is 0 Å². The van der Waals surface area contributed by atoms with Crippen LogP contribution in [0.4, 0.5) is 17.1 Å². The average molecular weight is 1150 g/mol. The average Bonchev–Trinajstić information content (AvgIpc) is 0.741. The molecular formula is C84H51BN2O3. The third-order valence-electron chi connectivity index (χ3n) is 18.8. The van der Waals surface area contributed by atoms with E-state index < -0.39 is 0 Å². The number of aromatic nitrogens is 1. The summed E-state index contributed by atoms with van der Waals surface area (Å²) < 4.78 is 23.1. The van der Waals surface area contributed by atoms with Crippen molar-refractivity contribution in [2.75, 3.05) is 4.90 Å². The maximum absolute atomic E-state index is 7.62. The van der Waals surface area contributed by atoms with Crippen molar-refractivity contribution in [3.63, 3.8) is 0 Å². The van der Waals surface area contributed by atoms with Gasteiger partial charge in [-0.15, -0.1) is 0 Å². The molecule has 0 atom stereocenters. The smallest absolute Gasteiger partial charge is 0.256 e. The van der Waals surface area contributed by atoms with Gasteiger partial charge < -0.3 is 23.0 Å². The number of ether oxygens (including phenoxy) is 1. The Morgan fingerprint density at radius 2 is 0.678 bits per heavy atom. The van der Waals surface area contributed by atoms with Crippen molar-refractivity contribution >= 4 is 106 Å². The number of nitrogens with zero attached hydrogens (tertiary/aromatic N) is 2. The molecule has 3 aromatic heterocycles. The number of para-hydroxylation sites is 3. The second-order valence-electron chi connectivity index (χ2n) is 23.9. The molecule has 90 heavy (non-hydrogen) atoms. The van der Waals surface area contributed by atoms with Crippen LogP contribution < -0.4 is 26.0 Å². The van der Waals surface area contributed by atoms with Crippen molar-refractivity contribution in [1.29, 1.82) is 0 Å². The van der Waals surface area contributed by atoms with Gasteiger partial charge in [-0.05, 0) is 151 Å². The van der Waals surface area contributed by atoms with E-state index in [-0.39, 0.29) is 6.71 Å². The highest BCUT2D eigenvalue weighted by molar-refractivity contribution is 6.99. The van der Waals surface area contributed by atoms with Crippen LogP contribution in [-0.4, -0.2) is 11.3 Å². The molecule has 0 fully saturated rings. The van der Waals surface area contributed by atoms with E-state index in [4.69, 9.17) is 13.6 Å². The number of benzene rings is 14. The van der Waals surface area contributed by atoms with Crippen LogP contribution in [0.15, 0.2) is 318 Å². The predicted molar refractivity (Wildman–Crippen MR) is 374 cm³/mol. The maximum Gasteiger partial charge on any atom is 0.256 e. The summed E-state index contributed by atoms with van der Waals surface area (Å²) in [4.78, 5) is 2.57. The summed E-state index contributed by atoms with van der Waals surface area (Å²) in [6.07, 6.45) is 0. The van der Waals surface area contributed by atoms with Crippen LogP contribution >= 0.6 is 0 Å². The molecule has 5 nitrogen and oxygen atoms in total. The Morgan fingerprint density at radius 3 is 1.18 bits per heavy atom. The predicted octanol–water partition coefficient (Wildman–Crippen LogP) is 21.0. The summed E-state index contributed by atoms with van der Waals surface area (Å²) >= 11 is 0. The lowest BCUT2D eigenvalue weighted by atomic mass is 9.34. The minimum absolute atomic E-state index is 0.210. The first-order chi connectivity index (χ1) is 44.6. The number of rotatable bonds is 8. The van der Waals surface area contributed by atoms with Crippen LogP contribution in [0.5, 0.6) is 11.5 Å². The normalized spacial score (nSPS) is 12.5. The van der Waals surface area contributed by atoms with E-state index in [2.05, 4.69) is 319 Å². The Bertz CT molecular complexity index is 5660. The van der Waals surface area contributed by atoms with Gasteiger partial charge in [0.05, 0.1) is 22.4 Å². The molecule has 14 aromatic carbocycles. The van der Waals surface area contributed by atoms with Gasteiger partial charge >= 0.3 is 0 Å². The molecule has 0 unspecified atom stereocenters. The molecule has 0 saturated carbocycles. The molecule has 418 valence electrons. The van der Waals surface area contributed by atoms with Crippen molar-refractivity contribution in [1.82, 2.24) is 4.57 Å². The topological polar surface area (TPSA) is 43.7 Å². The molecule has 0 bridgehead atoms. The molecule has 0 saturated heterocycles. The second-order valence-corrected chi connectivity index (χ2v) is 23.9. The fourth-order valence-electron chi connectivity index (χ4n) is 14.7. The molecule has 5 heterocycles. The molecule has 19 rings (SSSR count). The summed E-state index contributed by atoms with van der Waals surface area (Å²) in [5.74, 6) is 1.64.